The number of rotatable bonds is 6. The fourth-order valence-electron chi connectivity index (χ4n) is 2.80. The Balaban J connectivity index is 1.37. The molecule has 0 aliphatic rings. The van der Waals surface area contributed by atoms with E-state index < -0.39 is 30.1 Å². The minimum atomic E-state index is -0.727. The number of nitrogens with zero attached hydrogens (tertiary/aromatic N) is 2. The number of amides is 1. The zero-order chi connectivity index (χ0) is 23.5. The fourth-order valence-corrected chi connectivity index (χ4v) is 4.49. The van der Waals surface area contributed by atoms with Crippen molar-refractivity contribution in [3.63, 3.8) is 0 Å². The Hall–Kier alpha value is -3.57. The minimum Gasteiger partial charge on any atom is -0.451 e. The van der Waals surface area contributed by atoms with E-state index in [1.54, 1.807) is 19.1 Å². The van der Waals surface area contributed by atoms with Crippen LogP contribution in [-0.4, -0.2) is 28.5 Å². The number of carbonyl (C=O) groups excluding carboxylic acids is 2. The lowest BCUT2D eigenvalue weighted by molar-refractivity contribution is -0.119. The Labute approximate surface area is 193 Å². The Morgan fingerprint density at radius 3 is 2.52 bits per heavy atom. The van der Waals surface area contributed by atoms with Crippen LogP contribution in [0.5, 0.6) is 0 Å². The number of halogens is 3. The second-order valence-corrected chi connectivity index (χ2v) is 8.58. The summed E-state index contributed by atoms with van der Waals surface area (Å²) in [6.45, 7) is 1.05. The highest BCUT2D eigenvalue weighted by molar-refractivity contribution is 7.17. The van der Waals surface area contributed by atoms with E-state index in [1.165, 1.54) is 17.5 Å². The molecule has 0 aliphatic carbocycles. The molecule has 2 aromatic carbocycles. The second kappa shape index (κ2) is 9.51. The number of thiazole rings is 2. The minimum absolute atomic E-state index is 0.0317. The normalized spacial score (nSPS) is 10.8. The highest BCUT2D eigenvalue weighted by Crippen LogP contribution is 2.29. The van der Waals surface area contributed by atoms with Gasteiger partial charge in [-0.25, -0.2) is 27.9 Å². The topological polar surface area (TPSA) is 81.2 Å². The third-order valence-corrected chi connectivity index (χ3v) is 6.31. The second-order valence-electron chi connectivity index (χ2n) is 6.73. The van der Waals surface area contributed by atoms with Crippen molar-refractivity contribution in [2.24, 2.45) is 0 Å². The van der Waals surface area contributed by atoms with Gasteiger partial charge < -0.3 is 4.74 Å². The molecule has 2 aromatic heterocycles. The largest absolute Gasteiger partial charge is 0.451 e. The number of nitrogens with one attached hydrogen (secondary N) is 1. The van der Waals surface area contributed by atoms with E-state index in [0.29, 0.717) is 16.3 Å². The van der Waals surface area contributed by atoms with E-state index >= 15 is 0 Å². The molecule has 1 N–H and O–H groups in total. The van der Waals surface area contributed by atoms with Gasteiger partial charge in [-0.3, -0.25) is 10.1 Å². The summed E-state index contributed by atoms with van der Waals surface area (Å²) in [6, 6.07) is 8.68. The summed E-state index contributed by atoms with van der Waals surface area (Å²) in [5.41, 5.74) is 1.20. The van der Waals surface area contributed by atoms with Gasteiger partial charge in [0.1, 0.15) is 27.3 Å². The molecule has 0 bridgehead atoms. The third-order valence-electron chi connectivity index (χ3n) is 4.36. The van der Waals surface area contributed by atoms with Crippen molar-refractivity contribution in [2.75, 3.05) is 11.9 Å². The fraction of sp³-hybridized carbons (Fsp3) is 0.0909. The molecule has 0 saturated carbocycles. The summed E-state index contributed by atoms with van der Waals surface area (Å²) >= 11 is 2.08. The van der Waals surface area contributed by atoms with Gasteiger partial charge in [-0.2, -0.15) is 0 Å². The quantitative estimate of drug-likeness (QED) is 0.364. The number of benzene rings is 2. The van der Waals surface area contributed by atoms with Crippen molar-refractivity contribution >= 4 is 39.7 Å². The first-order valence-electron chi connectivity index (χ1n) is 9.41. The van der Waals surface area contributed by atoms with Crippen molar-refractivity contribution in [1.29, 1.82) is 0 Å². The van der Waals surface area contributed by atoms with Crippen molar-refractivity contribution in [1.82, 2.24) is 9.97 Å². The van der Waals surface area contributed by atoms with Gasteiger partial charge in [-0.15, -0.1) is 22.7 Å². The SMILES string of the molecule is Cc1nc(-c2ccc(F)cc2)sc1C(=O)OCC(=O)Nc1nc(-c2cc(F)ccc2F)cs1. The van der Waals surface area contributed by atoms with Crippen LogP contribution in [0.3, 0.4) is 0 Å². The highest BCUT2D eigenvalue weighted by Gasteiger charge is 2.19. The first kappa shape index (κ1) is 22.6. The van der Waals surface area contributed by atoms with Crippen molar-refractivity contribution in [3.8, 4) is 21.8 Å². The van der Waals surface area contributed by atoms with Crippen LogP contribution < -0.4 is 5.32 Å². The average molecular weight is 490 g/mol. The Morgan fingerprint density at radius 2 is 1.76 bits per heavy atom. The van der Waals surface area contributed by atoms with Gasteiger partial charge >= 0.3 is 5.97 Å². The molecular weight excluding hydrogens is 475 g/mol. The van der Waals surface area contributed by atoms with Gasteiger partial charge in [-0.05, 0) is 49.4 Å². The first-order valence-corrected chi connectivity index (χ1v) is 11.1. The van der Waals surface area contributed by atoms with Crippen molar-refractivity contribution in [2.45, 2.75) is 6.92 Å². The van der Waals surface area contributed by atoms with E-state index in [-0.39, 0.29) is 27.1 Å². The van der Waals surface area contributed by atoms with Gasteiger partial charge in [0, 0.05) is 16.5 Å². The zero-order valence-electron chi connectivity index (χ0n) is 16.9. The van der Waals surface area contributed by atoms with Crippen LogP contribution >= 0.6 is 22.7 Å². The standard InChI is InChI=1S/C22H14F3N3O3S2/c1-11-19(33-20(26-11)12-2-4-13(23)5-3-12)21(30)31-9-18(29)28-22-27-17(10-32-22)15-8-14(24)6-7-16(15)25/h2-8,10H,9H2,1H3,(H,27,28,29). The number of ether oxygens (including phenoxy) is 1. The number of aromatic nitrogens is 2. The summed E-state index contributed by atoms with van der Waals surface area (Å²) in [6.07, 6.45) is 0. The van der Waals surface area contributed by atoms with E-state index in [4.69, 9.17) is 4.74 Å². The average Bonchev–Trinajstić information content (AvgIpc) is 3.41. The molecule has 168 valence electrons. The smallest absolute Gasteiger partial charge is 0.350 e. The maximum absolute atomic E-state index is 13.9. The lowest BCUT2D eigenvalue weighted by Crippen LogP contribution is -2.20. The summed E-state index contributed by atoms with van der Waals surface area (Å²) < 4.78 is 45.4. The lowest BCUT2D eigenvalue weighted by atomic mass is 10.1. The molecule has 4 rings (SSSR count). The molecule has 2 heterocycles. The van der Waals surface area contributed by atoms with Crippen LogP contribution in [0, 0.1) is 24.4 Å². The van der Waals surface area contributed by atoms with Gasteiger partial charge in [0.2, 0.25) is 0 Å². The molecular formula is C22H14F3N3O3S2. The molecule has 0 unspecified atom stereocenters. The van der Waals surface area contributed by atoms with E-state index in [2.05, 4.69) is 15.3 Å². The summed E-state index contributed by atoms with van der Waals surface area (Å²) in [5, 5.41) is 4.58. The van der Waals surface area contributed by atoms with Gasteiger partial charge in [0.15, 0.2) is 11.7 Å². The highest BCUT2D eigenvalue weighted by atomic mass is 32.1. The van der Waals surface area contributed by atoms with Gasteiger partial charge in [0.05, 0.1) is 11.4 Å². The van der Waals surface area contributed by atoms with Gasteiger partial charge in [-0.1, -0.05) is 0 Å². The molecule has 0 radical (unpaired) electrons. The summed E-state index contributed by atoms with van der Waals surface area (Å²) in [7, 11) is 0. The maximum atomic E-state index is 13.9. The maximum Gasteiger partial charge on any atom is 0.350 e. The Kier molecular flexibility index (Phi) is 6.52. The molecule has 4 aromatic rings. The number of carbonyl (C=O) groups is 2. The van der Waals surface area contributed by atoms with Crippen molar-refractivity contribution in [3.05, 3.63) is 75.9 Å². The lowest BCUT2D eigenvalue weighted by Gasteiger charge is -2.04. The van der Waals surface area contributed by atoms with E-state index in [9.17, 15) is 22.8 Å². The molecule has 0 aliphatic heterocycles. The summed E-state index contributed by atoms with van der Waals surface area (Å²) in [5.74, 6) is -3.02. The predicted molar refractivity (Wildman–Crippen MR) is 119 cm³/mol. The Morgan fingerprint density at radius 1 is 1.03 bits per heavy atom. The van der Waals surface area contributed by atoms with Gasteiger partial charge in [0.25, 0.3) is 5.91 Å². The zero-order valence-corrected chi connectivity index (χ0v) is 18.5. The summed E-state index contributed by atoms with van der Waals surface area (Å²) in [4.78, 5) is 33.1. The van der Waals surface area contributed by atoms with E-state index in [0.717, 1.165) is 40.9 Å². The molecule has 0 fully saturated rings. The molecule has 33 heavy (non-hydrogen) atoms. The third kappa shape index (κ3) is 5.26. The molecule has 0 saturated heterocycles. The van der Waals surface area contributed by atoms with Crippen LogP contribution in [0.4, 0.5) is 18.3 Å². The Bertz CT molecular complexity index is 1340. The molecule has 0 atom stereocenters. The predicted octanol–water partition coefficient (Wildman–Crippen LogP) is 5.45. The molecule has 0 spiro atoms. The number of anilines is 1. The number of esters is 1. The van der Waals surface area contributed by atoms with E-state index in [1.807, 2.05) is 0 Å². The van der Waals surface area contributed by atoms with Crippen LogP contribution in [-0.2, 0) is 9.53 Å². The van der Waals surface area contributed by atoms with Crippen LogP contribution in [0.15, 0.2) is 47.8 Å². The van der Waals surface area contributed by atoms with Crippen LogP contribution in [0.2, 0.25) is 0 Å². The first-order chi connectivity index (χ1) is 15.8. The number of hydrogen-bond donors (Lipinski definition) is 1. The molecule has 11 heteroatoms. The molecule has 6 nitrogen and oxygen atoms in total. The van der Waals surface area contributed by atoms with Crippen molar-refractivity contribution < 1.29 is 27.5 Å². The number of aryl methyl sites for hydroxylation is 1. The molecule has 1 amide bonds. The van der Waals surface area contributed by atoms with Crippen LogP contribution in [0.25, 0.3) is 21.8 Å². The monoisotopic (exact) mass is 489 g/mol. The number of hydrogen-bond acceptors (Lipinski definition) is 7. The van der Waals surface area contributed by atoms with Crippen LogP contribution in [0.1, 0.15) is 15.4 Å².